The van der Waals surface area contributed by atoms with Crippen molar-refractivity contribution in [3.05, 3.63) is 107 Å². The summed E-state index contributed by atoms with van der Waals surface area (Å²) in [5.74, 6) is -1.72. The number of aliphatic hydroxyl groups excluding tert-OH is 2. The fraction of sp³-hybridized carbons (Fsp3) is 0.290. The van der Waals surface area contributed by atoms with Crippen LogP contribution in [-0.2, 0) is 19.7 Å². The minimum absolute atomic E-state index is 0.0763. The first kappa shape index (κ1) is 27.7. The molecule has 2 saturated heterocycles. The molecule has 3 aliphatic heterocycles. The number of nitrogens with one attached hydrogen (secondary N) is 1. The molecule has 3 heterocycles. The lowest BCUT2D eigenvalue weighted by Gasteiger charge is -2.52. The molecule has 0 radical (unpaired) electrons. The third kappa shape index (κ3) is 3.91. The van der Waals surface area contributed by atoms with Crippen LogP contribution in [0, 0.1) is 11.2 Å². The summed E-state index contributed by atoms with van der Waals surface area (Å²) in [6, 6.07) is 22.3. The molecule has 0 saturated carbocycles. The van der Waals surface area contributed by atoms with E-state index in [1.165, 1.54) is 16.8 Å². The van der Waals surface area contributed by atoms with Crippen LogP contribution in [0.15, 0.2) is 84.4 Å². The van der Waals surface area contributed by atoms with E-state index in [-0.39, 0.29) is 31.3 Å². The van der Waals surface area contributed by atoms with Gasteiger partial charge in [-0.15, -0.1) is 0 Å². The average molecular weight is 576 g/mol. The van der Waals surface area contributed by atoms with Gasteiger partial charge < -0.3 is 20.1 Å². The Morgan fingerprint density at radius 2 is 1.66 bits per heavy atom. The van der Waals surface area contributed by atoms with E-state index in [0.717, 1.165) is 5.56 Å². The molecule has 0 aliphatic carbocycles. The Morgan fingerprint density at radius 3 is 2.34 bits per heavy atom. The van der Waals surface area contributed by atoms with Crippen molar-refractivity contribution in [1.82, 2.24) is 9.57 Å². The van der Waals surface area contributed by atoms with Crippen LogP contribution in [0.25, 0.3) is 6.08 Å². The van der Waals surface area contributed by atoms with Crippen LogP contribution in [0.1, 0.15) is 22.6 Å². The van der Waals surface area contributed by atoms with E-state index < -0.39 is 42.7 Å². The second-order valence-corrected chi connectivity index (χ2v) is 13.9. The average Bonchev–Trinajstić information content (AvgIpc) is 3.44. The Hall–Kier alpha value is -3.46. The van der Waals surface area contributed by atoms with Gasteiger partial charge in [-0.05, 0) is 42.4 Å². The molecule has 10 heteroatoms. The fourth-order valence-corrected chi connectivity index (χ4v) is 8.51. The smallest absolute Gasteiger partial charge is 0.250 e. The van der Waals surface area contributed by atoms with Gasteiger partial charge >= 0.3 is 0 Å². The maximum absolute atomic E-state index is 15.1. The SMILES string of the molecule is CN1C[C@@H](c2ccc(F)cc2)[C@@]2(CN(P(=O)(CO)CO)C/C(=C\c3ccccc3)C2=O)[C@@]12C(=O)Nc1ccccc12. The van der Waals surface area contributed by atoms with Crippen LogP contribution in [-0.4, -0.2) is 70.9 Å². The Kier molecular flexibility index (Phi) is 6.83. The molecule has 0 unspecified atom stereocenters. The summed E-state index contributed by atoms with van der Waals surface area (Å²) in [5, 5.41) is 23.5. The van der Waals surface area contributed by atoms with Crippen molar-refractivity contribution in [3.63, 3.8) is 0 Å². The number of piperidine rings is 1. The second-order valence-electron chi connectivity index (χ2n) is 11.0. The highest BCUT2D eigenvalue weighted by molar-refractivity contribution is 7.61. The van der Waals surface area contributed by atoms with E-state index in [1.807, 2.05) is 47.4 Å². The van der Waals surface area contributed by atoms with Gasteiger partial charge in [0.1, 0.15) is 24.1 Å². The summed E-state index contributed by atoms with van der Waals surface area (Å²) in [7, 11) is -1.98. The quantitative estimate of drug-likeness (QED) is 0.313. The van der Waals surface area contributed by atoms with Crippen molar-refractivity contribution in [2.24, 2.45) is 5.41 Å². The molecule has 0 aromatic heterocycles. The number of anilines is 1. The zero-order valence-corrected chi connectivity index (χ0v) is 23.4. The molecule has 3 atom stereocenters. The van der Waals surface area contributed by atoms with Crippen molar-refractivity contribution < 1.29 is 28.8 Å². The maximum Gasteiger partial charge on any atom is 0.250 e. The third-order valence-electron chi connectivity index (χ3n) is 9.02. The third-order valence-corrected chi connectivity index (χ3v) is 11.2. The lowest BCUT2D eigenvalue weighted by molar-refractivity contribution is -0.145. The zero-order chi connectivity index (χ0) is 29.0. The van der Waals surface area contributed by atoms with Crippen molar-refractivity contribution in [3.8, 4) is 0 Å². The minimum Gasteiger partial charge on any atom is -0.387 e. The molecule has 3 aromatic carbocycles. The summed E-state index contributed by atoms with van der Waals surface area (Å²) in [5.41, 5.74) is -0.152. The summed E-state index contributed by atoms with van der Waals surface area (Å²) >= 11 is 0. The Labute approximate surface area is 237 Å². The number of amides is 1. The number of rotatable bonds is 5. The molecule has 3 aliphatic rings. The largest absolute Gasteiger partial charge is 0.387 e. The van der Waals surface area contributed by atoms with Crippen LogP contribution in [0.5, 0.6) is 0 Å². The molecule has 8 nitrogen and oxygen atoms in total. The van der Waals surface area contributed by atoms with E-state index in [4.69, 9.17) is 0 Å². The highest BCUT2D eigenvalue weighted by Crippen LogP contribution is 2.66. The Morgan fingerprint density at radius 1 is 1.00 bits per heavy atom. The lowest BCUT2D eigenvalue weighted by atomic mass is 9.56. The summed E-state index contributed by atoms with van der Waals surface area (Å²) < 4.78 is 29.5. The predicted molar refractivity (Wildman–Crippen MR) is 154 cm³/mol. The molecule has 212 valence electrons. The van der Waals surface area contributed by atoms with Crippen molar-refractivity contribution >= 4 is 30.7 Å². The van der Waals surface area contributed by atoms with Crippen molar-refractivity contribution in [2.75, 3.05) is 44.7 Å². The number of hydrogen-bond acceptors (Lipinski definition) is 6. The highest BCUT2D eigenvalue weighted by atomic mass is 31.2. The number of nitrogens with zero attached hydrogens (tertiary/aromatic N) is 2. The van der Waals surface area contributed by atoms with E-state index in [1.54, 1.807) is 37.4 Å². The first-order valence-corrected chi connectivity index (χ1v) is 15.5. The number of para-hydroxylation sites is 1. The molecule has 3 aromatic rings. The van der Waals surface area contributed by atoms with Gasteiger partial charge in [-0.1, -0.05) is 60.7 Å². The van der Waals surface area contributed by atoms with Crippen LogP contribution in [0.2, 0.25) is 0 Å². The van der Waals surface area contributed by atoms with Gasteiger partial charge in [0.25, 0.3) is 5.91 Å². The van der Waals surface area contributed by atoms with E-state index in [9.17, 15) is 24.0 Å². The summed E-state index contributed by atoms with van der Waals surface area (Å²) in [6.07, 6.45) is 0.139. The van der Waals surface area contributed by atoms with Gasteiger partial charge in [0, 0.05) is 42.4 Å². The van der Waals surface area contributed by atoms with Crippen LogP contribution >= 0.6 is 7.29 Å². The molecule has 3 N–H and O–H groups in total. The second kappa shape index (κ2) is 10.1. The highest BCUT2D eigenvalue weighted by Gasteiger charge is 2.75. The topological polar surface area (TPSA) is 110 Å². The number of likely N-dealkylation sites (tertiary alicyclic amines) is 1. The van der Waals surface area contributed by atoms with Crippen LogP contribution < -0.4 is 5.32 Å². The van der Waals surface area contributed by atoms with Crippen LogP contribution in [0.3, 0.4) is 0 Å². The van der Waals surface area contributed by atoms with Gasteiger partial charge in [-0.3, -0.25) is 14.5 Å². The normalized spacial score (nSPS) is 27.6. The molecule has 1 amide bonds. The molecule has 2 spiro atoms. The van der Waals surface area contributed by atoms with Crippen molar-refractivity contribution in [2.45, 2.75) is 11.5 Å². The number of Topliss-reactive ketones (excluding diaryl/α,β-unsaturated/α-hetero) is 1. The Balaban J connectivity index is 1.68. The molecule has 41 heavy (non-hydrogen) atoms. The Bertz CT molecular complexity index is 1590. The van der Waals surface area contributed by atoms with E-state index in [0.29, 0.717) is 22.4 Å². The lowest BCUT2D eigenvalue weighted by Crippen LogP contribution is -2.65. The zero-order valence-electron chi connectivity index (χ0n) is 22.5. The van der Waals surface area contributed by atoms with Gasteiger partial charge in [0.2, 0.25) is 0 Å². The number of aliphatic hydroxyl groups is 2. The van der Waals surface area contributed by atoms with E-state index >= 15 is 4.79 Å². The number of carbonyl (C=O) groups excluding carboxylic acids is 2. The number of carbonyl (C=O) groups is 2. The summed E-state index contributed by atoms with van der Waals surface area (Å²) in [4.78, 5) is 31.3. The molecule has 6 rings (SSSR count). The first-order chi connectivity index (χ1) is 19.7. The number of halogens is 1. The van der Waals surface area contributed by atoms with Gasteiger partial charge in [-0.2, -0.15) is 0 Å². The molecular weight excluding hydrogens is 544 g/mol. The monoisotopic (exact) mass is 575 g/mol. The number of hydrogen-bond donors (Lipinski definition) is 3. The molecule has 2 fully saturated rings. The van der Waals surface area contributed by atoms with Gasteiger partial charge in [-0.25, -0.2) is 9.06 Å². The molecule has 0 bridgehead atoms. The van der Waals surface area contributed by atoms with E-state index in [2.05, 4.69) is 5.32 Å². The van der Waals surface area contributed by atoms with Gasteiger partial charge in [0.15, 0.2) is 13.1 Å². The first-order valence-electron chi connectivity index (χ1n) is 13.4. The number of likely N-dealkylation sites (N-methyl/N-ethyl adjacent to an activating group) is 1. The number of fused-ring (bicyclic) bond motifs is 3. The van der Waals surface area contributed by atoms with Crippen LogP contribution in [0.4, 0.5) is 10.1 Å². The number of ketones is 1. The van der Waals surface area contributed by atoms with Crippen molar-refractivity contribution in [1.29, 1.82) is 0 Å². The number of benzene rings is 3. The van der Waals surface area contributed by atoms with Gasteiger partial charge in [0.05, 0.1) is 5.41 Å². The minimum atomic E-state index is -3.77. The standard InChI is InChI=1S/C31H31FN3O5P/c1-34-17-26(22-11-13-24(32)14-12-22)30(31(34)25-9-5-6-10-27(25)33-29(31)39)18-35(41(40,19-36)20-37)16-23(28(30)38)15-21-7-3-2-4-8-21/h2-15,26,36-37H,16-20H2,1H3,(H,33,39)/b23-15+/t26-,30+,31+/m0/s1. The fourth-order valence-electron chi connectivity index (χ4n) is 7.17. The predicted octanol–water partition coefficient (Wildman–Crippen LogP) is 3.83. The molecular formula is C31H31FN3O5P. The summed E-state index contributed by atoms with van der Waals surface area (Å²) in [6.45, 7) is 0.0334. The maximum atomic E-state index is 15.1.